The molecule has 0 bridgehead atoms. The molecule has 1 N–H and O–H groups in total. The molecule has 0 spiro atoms. The van der Waals surface area contributed by atoms with Gasteiger partial charge in [0.1, 0.15) is 11.3 Å². The first-order valence-electron chi connectivity index (χ1n) is 9.56. The molecule has 1 fully saturated rings. The SMILES string of the molecule is Cc1nc2cnc3ccc(-c4cc(Cl)c(O)c(Cl)c4)cc3c2n1C1CCOCC1. The first kappa shape index (κ1) is 18.7. The smallest absolute Gasteiger partial charge is 0.152 e. The minimum atomic E-state index is -0.102. The van der Waals surface area contributed by atoms with E-state index in [1.165, 1.54) is 0 Å². The molecule has 29 heavy (non-hydrogen) atoms. The molecule has 0 aliphatic carbocycles. The summed E-state index contributed by atoms with van der Waals surface area (Å²) in [6.07, 6.45) is 3.78. The average Bonchev–Trinajstić information content (AvgIpc) is 3.08. The highest BCUT2D eigenvalue weighted by Crippen LogP contribution is 2.38. The van der Waals surface area contributed by atoms with E-state index in [2.05, 4.69) is 15.6 Å². The Balaban J connectivity index is 1.75. The first-order valence-corrected chi connectivity index (χ1v) is 10.3. The van der Waals surface area contributed by atoms with Crippen molar-refractivity contribution in [3.05, 3.63) is 52.4 Å². The lowest BCUT2D eigenvalue weighted by atomic mass is 10.0. The third kappa shape index (κ3) is 3.14. The molecule has 5 rings (SSSR count). The third-order valence-corrected chi connectivity index (χ3v) is 6.17. The number of imidazole rings is 1. The van der Waals surface area contributed by atoms with Crippen LogP contribution in [0.15, 0.2) is 36.5 Å². The Morgan fingerprint density at radius 3 is 2.48 bits per heavy atom. The molecule has 2 aromatic heterocycles. The number of pyridine rings is 1. The van der Waals surface area contributed by atoms with Crippen molar-refractivity contribution in [1.29, 1.82) is 0 Å². The summed E-state index contributed by atoms with van der Waals surface area (Å²) < 4.78 is 7.89. The molecule has 148 valence electrons. The summed E-state index contributed by atoms with van der Waals surface area (Å²) in [7, 11) is 0. The van der Waals surface area contributed by atoms with Gasteiger partial charge in [0.25, 0.3) is 0 Å². The quantitative estimate of drug-likeness (QED) is 0.430. The number of aryl methyl sites for hydroxylation is 1. The van der Waals surface area contributed by atoms with E-state index in [1.54, 1.807) is 12.1 Å². The molecule has 0 amide bonds. The number of nitrogens with zero attached hydrogens (tertiary/aromatic N) is 3. The number of phenols is 1. The highest BCUT2D eigenvalue weighted by atomic mass is 35.5. The van der Waals surface area contributed by atoms with Crippen molar-refractivity contribution in [2.24, 2.45) is 0 Å². The summed E-state index contributed by atoms with van der Waals surface area (Å²) in [4.78, 5) is 9.37. The number of rotatable bonds is 2. The highest BCUT2D eigenvalue weighted by molar-refractivity contribution is 6.37. The van der Waals surface area contributed by atoms with Crippen LogP contribution in [0.2, 0.25) is 10.0 Å². The fourth-order valence-corrected chi connectivity index (χ4v) is 4.68. The van der Waals surface area contributed by atoms with Crippen LogP contribution >= 0.6 is 23.2 Å². The molecular weight excluding hydrogens is 409 g/mol. The van der Waals surface area contributed by atoms with E-state index in [1.807, 2.05) is 25.3 Å². The molecule has 7 heteroatoms. The van der Waals surface area contributed by atoms with E-state index < -0.39 is 0 Å². The van der Waals surface area contributed by atoms with Crippen molar-refractivity contribution in [1.82, 2.24) is 14.5 Å². The van der Waals surface area contributed by atoms with Gasteiger partial charge in [-0.1, -0.05) is 29.3 Å². The summed E-state index contributed by atoms with van der Waals surface area (Å²) in [6, 6.07) is 9.88. The Morgan fingerprint density at radius 1 is 1.03 bits per heavy atom. The van der Waals surface area contributed by atoms with Crippen molar-refractivity contribution in [3.63, 3.8) is 0 Å². The maximum absolute atomic E-state index is 9.88. The number of hydrogen-bond donors (Lipinski definition) is 1. The summed E-state index contributed by atoms with van der Waals surface area (Å²) >= 11 is 12.3. The molecule has 1 aliphatic rings. The van der Waals surface area contributed by atoms with E-state index in [-0.39, 0.29) is 15.8 Å². The monoisotopic (exact) mass is 427 g/mol. The Morgan fingerprint density at radius 2 is 1.76 bits per heavy atom. The molecule has 0 unspecified atom stereocenters. The Labute approximate surface area is 177 Å². The molecule has 2 aromatic carbocycles. The van der Waals surface area contributed by atoms with Crippen LogP contribution in [0.4, 0.5) is 0 Å². The molecule has 0 radical (unpaired) electrons. The fraction of sp³-hybridized carbons (Fsp3) is 0.273. The van der Waals surface area contributed by atoms with Gasteiger partial charge in [0, 0.05) is 24.6 Å². The number of ether oxygens (including phenoxy) is 1. The normalized spacial score (nSPS) is 15.4. The number of fused-ring (bicyclic) bond motifs is 3. The maximum Gasteiger partial charge on any atom is 0.152 e. The predicted octanol–water partition coefficient (Wildman–Crippen LogP) is 5.92. The first-order chi connectivity index (χ1) is 14.0. The van der Waals surface area contributed by atoms with Gasteiger partial charge in [0.15, 0.2) is 5.75 Å². The van der Waals surface area contributed by atoms with E-state index in [0.29, 0.717) is 6.04 Å². The third-order valence-electron chi connectivity index (χ3n) is 5.60. The molecule has 0 atom stereocenters. The molecular formula is C22H19Cl2N3O2. The van der Waals surface area contributed by atoms with Gasteiger partial charge in [0.05, 0.1) is 27.3 Å². The van der Waals surface area contributed by atoms with Crippen molar-refractivity contribution in [2.45, 2.75) is 25.8 Å². The number of hydrogen-bond acceptors (Lipinski definition) is 4. The van der Waals surface area contributed by atoms with Crippen LogP contribution in [0.25, 0.3) is 33.1 Å². The zero-order valence-corrected chi connectivity index (χ0v) is 17.3. The lowest BCUT2D eigenvalue weighted by Crippen LogP contribution is -2.20. The van der Waals surface area contributed by atoms with E-state index in [4.69, 9.17) is 32.9 Å². The predicted molar refractivity (Wildman–Crippen MR) is 116 cm³/mol. The fourth-order valence-electron chi connectivity index (χ4n) is 4.19. The summed E-state index contributed by atoms with van der Waals surface area (Å²) in [6.45, 7) is 3.58. The number of halogens is 2. The second-order valence-corrected chi connectivity index (χ2v) is 8.20. The van der Waals surface area contributed by atoms with Crippen molar-refractivity contribution in [2.75, 3.05) is 13.2 Å². The lowest BCUT2D eigenvalue weighted by Gasteiger charge is -2.25. The van der Waals surface area contributed by atoms with Crippen LogP contribution in [-0.2, 0) is 4.74 Å². The van der Waals surface area contributed by atoms with Crippen LogP contribution in [-0.4, -0.2) is 32.9 Å². The molecule has 0 saturated carbocycles. The number of aromatic hydroxyl groups is 1. The number of aromatic nitrogens is 3. The summed E-state index contributed by atoms with van der Waals surface area (Å²) in [5.74, 6) is 0.887. The van der Waals surface area contributed by atoms with Crippen LogP contribution in [0.5, 0.6) is 5.75 Å². The van der Waals surface area contributed by atoms with Crippen molar-refractivity contribution < 1.29 is 9.84 Å². The van der Waals surface area contributed by atoms with Gasteiger partial charge in [-0.2, -0.15) is 0 Å². The minimum Gasteiger partial charge on any atom is -0.505 e. The average molecular weight is 428 g/mol. The van der Waals surface area contributed by atoms with E-state index >= 15 is 0 Å². The van der Waals surface area contributed by atoms with Gasteiger partial charge >= 0.3 is 0 Å². The second-order valence-electron chi connectivity index (χ2n) is 7.39. The van der Waals surface area contributed by atoms with Gasteiger partial charge in [0.2, 0.25) is 0 Å². The zero-order valence-electron chi connectivity index (χ0n) is 15.8. The van der Waals surface area contributed by atoms with Crippen molar-refractivity contribution in [3.8, 4) is 16.9 Å². The van der Waals surface area contributed by atoms with E-state index in [0.717, 1.165) is 64.9 Å². The summed E-state index contributed by atoms with van der Waals surface area (Å²) in [5, 5.41) is 11.4. The van der Waals surface area contributed by atoms with Gasteiger partial charge in [-0.25, -0.2) is 4.98 Å². The molecule has 1 saturated heterocycles. The Hall–Kier alpha value is -2.34. The second kappa shape index (κ2) is 7.17. The summed E-state index contributed by atoms with van der Waals surface area (Å²) in [5.41, 5.74) is 4.68. The standard InChI is InChI=1S/C22H19Cl2N3O2/c1-12-26-20-11-25-19-3-2-13(14-9-17(23)22(28)18(24)10-14)8-16(19)21(20)27(12)15-4-6-29-7-5-15/h2-3,8-11,15,28H,4-7H2,1H3. The van der Waals surface area contributed by atoms with Gasteiger partial charge in [-0.3, -0.25) is 4.98 Å². The van der Waals surface area contributed by atoms with Crippen LogP contribution < -0.4 is 0 Å². The van der Waals surface area contributed by atoms with E-state index in [9.17, 15) is 5.11 Å². The lowest BCUT2D eigenvalue weighted by molar-refractivity contribution is 0.0701. The van der Waals surface area contributed by atoms with Gasteiger partial charge in [-0.05, 0) is 55.2 Å². The van der Waals surface area contributed by atoms with Gasteiger partial charge in [-0.15, -0.1) is 0 Å². The zero-order chi connectivity index (χ0) is 20.1. The Bertz CT molecular complexity index is 1220. The van der Waals surface area contributed by atoms with Crippen molar-refractivity contribution >= 4 is 45.1 Å². The van der Waals surface area contributed by atoms with Crippen LogP contribution in [0.1, 0.15) is 24.7 Å². The van der Waals surface area contributed by atoms with Crippen LogP contribution in [0, 0.1) is 6.92 Å². The minimum absolute atomic E-state index is 0.102. The molecule has 5 nitrogen and oxygen atoms in total. The largest absolute Gasteiger partial charge is 0.505 e. The topological polar surface area (TPSA) is 60.2 Å². The molecule has 1 aliphatic heterocycles. The maximum atomic E-state index is 9.88. The van der Waals surface area contributed by atoms with Gasteiger partial charge < -0.3 is 14.4 Å². The Kier molecular flexibility index (Phi) is 4.62. The van der Waals surface area contributed by atoms with Crippen LogP contribution in [0.3, 0.4) is 0 Å². The number of benzene rings is 2. The molecule has 4 aromatic rings. The molecule has 3 heterocycles. The number of phenolic OH excluding ortho intramolecular Hbond substituents is 1. The highest BCUT2D eigenvalue weighted by Gasteiger charge is 2.22.